The first kappa shape index (κ1) is 18.3. The molecule has 1 aromatic heterocycles. The van der Waals surface area contributed by atoms with Crippen molar-refractivity contribution >= 4 is 21.6 Å². The van der Waals surface area contributed by atoms with Gasteiger partial charge in [-0.2, -0.15) is 0 Å². The van der Waals surface area contributed by atoms with Crippen molar-refractivity contribution in [1.29, 1.82) is 0 Å². The predicted molar refractivity (Wildman–Crippen MR) is 99.8 cm³/mol. The summed E-state index contributed by atoms with van der Waals surface area (Å²) < 4.78 is 23.3. The van der Waals surface area contributed by atoms with E-state index in [1.54, 1.807) is 13.1 Å². The van der Waals surface area contributed by atoms with E-state index in [1.807, 2.05) is 36.1 Å². The molecular weight excluding hydrogens is 352 g/mol. The highest BCUT2D eigenvalue weighted by Crippen LogP contribution is 2.21. The number of amides is 1. The smallest absolute Gasteiger partial charge is 0.270 e. The molecule has 1 fully saturated rings. The number of aryl methyl sites for hydroxylation is 1. The Kier molecular flexibility index (Phi) is 5.22. The fourth-order valence-electron chi connectivity index (χ4n) is 2.91. The van der Waals surface area contributed by atoms with Crippen LogP contribution in [0.15, 0.2) is 36.7 Å². The molecule has 138 valence electrons. The summed E-state index contributed by atoms with van der Waals surface area (Å²) in [4.78, 5) is 22.4. The Hall–Kier alpha value is -2.48. The van der Waals surface area contributed by atoms with Gasteiger partial charge in [0, 0.05) is 25.7 Å². The van der Waals surface area contributed by atoms with Gasteiger partial charge in [-0.3, -0.25) is 4.79 Å². The number of hydrogen-bond acceptors (Lipinski definition) is 6. The third-order valence-electron chi connectivity index (χ3n) is 4.58. The molecule has 0 saturated carbocycles. The number of rotatable bonds is 5. The zero-order valence-corrected chi connectivity index (χ0v) is 15.7. The van der Waals surface area contributed by atoms with Gasteiger partial charge in [0.25, 0.3) is 5.91 Å². The average Bonchev–Trinajstić information content (AvgIpc) is 3.00. The molecule has 0 spiro atoms. The molecule has 2 heterocycles. The van der Waals surface area contributed by atoms with Gasteiger partial charge in [0.2, 0.25) is 0 Å². The Morgan fingerprint density at radius 3 is 2.65 bits per heavy atom. The van der Waals surface area contributed by atoms with Gasteiger partial charge in [0.15, 0.2) is 9.84 Å². The van der Waals surface area contributed by atoms with Gasteiger partial charge in [0.05, 0.1) is 11.5 Å². The van der Waals surface area contributed by atoms with Gasteiger partial charge in [0.1, 0.15) is 17.8 Å². The van der Waals surface area contributed by atoms with E-state index in [4.69, 9.17) is 0 Å². The first-order valence-electron chi connectivity index (χ1n) is 8.43. The molecule has 1 atom stereocenters. The second kappa shape index (κ2) is 7.41. The molecule has 1 amide bonds. The number of sulfone groups is 1. The third-order valence-corrected chi connectivity index (χ3v) is 6.33. The largest absolute Gasteiger partial charge is 0.356 e. The molecule has 1 unspecified atom stereocenters. The summed E-state index contributed by atoms with van der Waals surface area (Å²) in [5, 5.41) is 2.84. The van der Waals surface area contributed by atoms with Crippen LogP contribution in [0.4, 0.5) is 5.82 Å². The number of nitrogens with one attached hydrogen (secondary N) is 1. The van der Waals surface area contributed by atoms with Crippen molar-refractivity contribution in [3.05, 3.63) is 53.5 Å². The van der Waals surface area contributed by atoms with Crippen LogP contribution in [0.1, 0.15) is 28.0 Å². The zero-order chi connectivity index (χ0) is 18.7. The molecule has 1 N–H and O–H groups in total. The highest BCUT2D eigenvalue weighted by molar-refractivity contribution is 7.91. The van der Waals surface area contributed by atoms with Crippen LogP contribution in [0.2, 0.25) is 0 Å². The lowest BCUT2D eigenvalue weighted by atomic mass is 10.1. The summed E-state index contributed by atoms with van der Waals surface area (Å²) in [6.45, 7) is 2.42. The van der Waals surface area contributed by atoms with Crippen LogP contribution < -0.4 is 10.2 Å². The van der Waals surface area contributed by atoms with E-state index in [9.17, 15) is 13.2 Å². The summed E-state index contributed by atoms with van der Waals surface area (Å²) in [6.07, 6.45) is 1.90. The van der Waals surface area contributed by atoms with Crippen LogP contribution in [-0.2, 0) is 16.4 Å². The Balaban J connectivity index is 1.66. The normalized spacial score (nSPS) is 18.5. The quantitative estimate of drug-likeness (QED) is 0.849. The molecule has 8 heteroatoms. The summed E-state index contributed by atoms with van der Waals surface area (Å²) >= 11 is 0. The summed E-state index contributed by atoms with van der Waals surface area (Å²) in [7, 11) is -1.19. The first-order valence-corrected chi connectivity index (χ1v) is 10.3. The SMILES string of the molecule is Cc1ccc(CNC(=O)c2cc(N(C)C3CCS(=O)(=O)C3)ncn2)cc1. The Morgan fingerprint density at radius 2 is 2.00 bits per heavy atom. The van der Waals surface area contributed by atoms with Crippen LogP contribution in [0.3, 0.4) is 0 Å². The number of hydrogen-bond donors (Lipinski definition) is 1. The Morgan fingerprint density at radius 1 is 1.27 bits per heavy atom. The zero-order valence-electron chi connectivity index (χ0n) is 14.8. The molecule has 26 heavy (non-hydrogen) atoms. The summed E-state index contributed by atoms with van der Waals surface area (Å²) in [6, 6.07) is 9.39. The van der Waals surface area contributed by atoms with Crippen molar-refractivity contribution in [2.24, 2.45) is 0 Å². The van der Waals surface area contributed by atoms with E-state index >= 15 is 0 Å². The maximum atomic E-state index is 12.4. The van der Waals surface area contributed by atoms with Gasteiger partial charge in [-0.1, -0.05) is 29.8 Å². The lowest BCUT2D eigenvalue weighted by molar-refractivity contribution is 0.0945. The molecule has 0 radical (unpaired) electrons. The van der Waals surface area contributed by atoms with Crippen molar-refractivity contribution in [3.63, 3.8) is 0 Å². The predicted octanol–water partition coefficient (Wildman–Crippen LogP) is 1.34. The highest BCUT2D eigenvalue weighted by Gasteiger charge is 2.31. The fourth-order valence-corrected chi connectivity index (χ4v) is 4.69. The molecule has 3 rings (SSSR count). The second-order valence-corrected chi connectivity index (χ2v) is 8.83. The minimum Gasteiger partial charge on any atom is -0.356 e. The monoisotopic (exact) mass is 374 g/mol. The van der Waals surface area contributed by atoms with E-state index in [0.717, 1.165) is 11.1 Å². The minimum atomic E-state index is -2.98. The average molecular weight is 374 g/mol. The van der Waals surface area contributed by atoms with Gasteiger partial charge in [-0.15, -0.1) is 0 Å². The van der Waals surface area contributed by atoms with Crippen molar-refractivity contribution in [2.75, 3.05) is 23.5 Å². The van der Waals surface area contributed by atoms with Crippen LogP contribution in [0.5, 0.6) is 0 Å². The highest BCUT2D eigenvalue weighted by atomic mass is 32.2. The van der Waals surface area contributed by atoms with Crippen LogP contribution in [0.25, 0.3) is 0 Å². The molecule has 2 aromatic rings. The van der Waals surface area contributed by atoms with Crippen LogP contribution >= 0.6 is 0 Å². The number of benzene rings is 1. The molecular formula is C18H22N4O3S. The van der Waals surface area contributed by atoms with Crippen molar-refractivity contribution in [1.82, 2.24) is 15.3 Å². The number of aromatic nitrogens is 2. The van der Waals surface area contributed by atoms with E-state index in [1.165, 1.54) is 6.33 Å². The topological polar surface area (TPSA) is 92.3 Å². The third kappa shape index (κ3) is 4.37. The number of carbonyl (C=O) groups is 1. The molecule has 0 bridgehead atoms. The maximum absolute atomic E-state index is 12.4. The molecule has 1 saturated heterocycles. The van der Waals surface area contributed by atoms with E-state index in [0.29, 0.717) is 18.8 Å². The lowest BCUT2D eigenvalue weighted by Crippen LogP contribution is -2.33. The maximum Gasteiger partial charge on any atom is 0.270 e. The van der Waals surface area contributed by atoms with Gasteiger partial charge >= 0.3 is 0 Å². The van der Waals surface area contributed by atoms with Crippen LogP contribution in [-0.4, -0.2) is 48.9 Å². The molecule has 0 aliphatic carbocycles. The summed E-state index contributed by atoms with van der Waals surface area (Å²) in [5.74, 6) is 0.559. The van der Waals surface area contributed by atoms with Crippen molar-refractivity contribution in [2.45, 2.75) is 25.9 Å². The van der Waals surface area contributed by atoms with E-state index in [2.05, 4.69) is 15.3 Å². The van der Waals surface area contributed by atoms with Gasteiger partial charge < -0.3 is 10.2 Å². The lowest BCUT2D eigenvalue weighted by Gasteiger charge is -2.24. The first-order chi connectivity index (χ1) is 12.3. The Labute approximate surface area is 153 Å². The molecule has 1 aliphatic heterocycles. The summed E-state index contributed by atoms with van der Waals surface area (Å²) in [5.41, 5.74) is 2.43. The van der Waals surface area contributed by atoms with Crippen molar-refractivity contribution < 1.29 is 13.2 Å². The Bertz CT molecular complexity index is 897. The standard InChI is InChI=1S/C18H22N4O3S/c1-13-3-5-14(6-4-13)10-19-18(23)16-9-17(21-12-20-16)22(2)15-7-8-26(24,25)11-15/h3-6,9,12,15H,7-8,10-11H2,1-2H3,(H,19,23). The number of anilines is 1. The molecule has 1 aromatic carbocycles. The molecule has 1 aliphatic rings. The minimum absolute atomic E-state index is 0.114. The molecule has 7 nitrogen and oxygen atoms in total. The van der Waals surface area contributed by atoms with Gasteiger partial charge in [-0.05, 0) is 18.9 Å². The number of nitrogens with zero attached hydrogens (tertiary/aromatic N) is 3. The van der Waals surface area contributed by atoms with Gasteiger partial charge in [-0.25, -0.2) is 18.4 Å². The van der Waals surface area contributed by atoms with Crippen molar-refractivity contribution in [3.8, 4) is 0 Å². The van der Waals surface area contributed by atoms with E-state index < -0.39 is 9.84 Å². The number of carbonyl (C=O) groups excluding carboxylic acids is 1. The second-order valence-electron chi connectivity index (χ2n) is 6.60. The fraction of sp³-hybridized carbons (Fsp3) is 0.389. The van der Waals surface area contributed by atoms with E-state index in [-0.39, 0.29) is 29.1 Å². The van der Waals surface area contributed by atoms with Crippen LogP contribution in [0, 0.1) is 6.92 Å².